The zero-order valence-electron chi connectivity index (χ0n) is 7.69. The molecule has 0 atom stereocenters. The van der Waals surface area contributed by atoms with Gasteiger partial charge in [-0.2, -0.15) is 0 Å². The number of halogens is 2. The molecule has 1 heterocycles. The fourth-order valence-corrected chi connectivity index (χ4v) is 1.77. The summed E-state index contributed by atoms with van der Waals surface area (Å²) in [6, 6.07) is 5.21. The summed E-state index contributed by atoms with van der Waals surface area (Å²) < 4.78 is 1.74. The lowest BCUT2D eigenvalue weighted by molar-refractivity contribution is 0.277. The van der Waals surface area contributed by atoms with E-state index in [0.717, 1.165) is 5.69 Å². The van der Waals surface area contributed by atoms with Crippen molar-refractivity contribution in [3.8, 4) is 5.69 Å². The highest BCUT2D eigenvalue weighted by molar-refractivity contribution is 6.35. The first-order chi connectivity index (χ1) is 7.20. The van der Waals surface area contributed by atoms with E-state index in [1.165, 1.54) is 0 Å². The Labute approximate surface area is 96.9 Å². The predicted octanol–water partition coefficient (Wildman–Crippen LogP) is 2.67. The van der Waals surface area contributed by atoms with Gasteiger partial charge in [0.25, 0.3) is 0 Å². The van der Waals surface area contributed by atoms with Gasteiger partial charge in [0.15, 0.2) is 0 Å². The molecule has 0 spiro atoms. The van der Waals surface area contributed by atoms with Crippen molar-refractivity contribution in [2.75, 3.05) is 0 Å². The second-order valence-corrected chi connectivity index (χ2v) is 3.87. The van der Waals surface area contributed by atoms with Crippen molar-refractivity contribution in [1.82, 2.24) is 9.55 Å². The third kappa shape index (κ3) is 2.15. The molecule has 0 radical (unpaired) electrons. The maximum absolute atomic E-state index is 8.88. The molecule has 0 amide bonds. The van der Waals surface area contributed by atoms with Crippen LogP contribution in [0.15, 0.2) is 30.7 Å². The first kappa shape index (κ1) is 10.5. The second-order valence-electron chi connectivity index (χ2n) is 3.03. The molecule has 1 N–H and O–H groups in total. The van der Waals surface area contributed by atoms with Crippen molar-refractivity contribution < 1.29 is 5.11 Å². The van der Waals surface area contributed by atoms with Gasteiger partial charge in [0.1, 0.15) is 0 Å². The van der Waals surface area contributed by atoms with Crippen LogP contribution in [0.1, 0.15) is 5.69 Å². The Morgan fingerprint density at radius 2 is 2.13 bits per heavy atom. The van der Waals surface area contributed by atoms with Crippen LogP contribution in [0, 0.1) is 0 Å². The summed E-state index contributed by atoms with van der Waals surface area (Å²) in [6.45, 7) is -0.0851. The third-order valence-electron chi connectivity index (χ3n) is 1.99. The number of aliphatic hydroxyl groups excluding tert-OH is 1. The van der Waals surface area contributed by atoms with Crippen molar-refractivity contribution in [3.05, 3.63) is 46.5 Å². The van der Waals surface area contributed by atoms with Crippen molar-refractivity contribution >= 4 is 23.2 Å². The fraction of sp³-hybridized carbons (Fsp3) is 0.100. The Morgan fingerprint density at radius 1 is 1.33 bits per heavy atom. The van der Waals surface area contributed by atoms with Crippen LogP contribution in [0.2, 0.25) is 10.0 Å². The fourth-order valence-electron chi connectivity index (χ4n) is 1.27. The first-order valence-electron chi connectivity index (χ1n) is 4.30. The highest BCUT2D eigenvalue weighted by Gasteiger charge is 2.04. The summed E-state index contributed by atoms with van der Waals surface area (Å²) in [5.41, 5.74) is 1.38. The molecule has 0 saturated carbocycles. The minimum Gasteiger partial charge on any atom is -0.390 e. The molecule has 1 aromatic heterocycles. The van der Waals surface area contributed by atoms with Crippen LogP contribution in [0.25, 0.3) is 5.69 Å². The molecular weight excluding hydrogens is 235 g/mol. The molecule has 15 heavy (non-hydrogen) atoms. The van der Waals surface area contributed by atoms with E-state index >= 15 is 0 Å². The monoisotopic (exact) mass is 242 g/mol. The Hall–Kier alpha value is -1.03. The lowest BCUT2D eigenvalue weighted by atomic mass is 10.3. The van der Waals surface area contributed by atoms with E-state index in [0.29, 0.717) is 15.7 Å². The molecule has 78 valence electrons. The highest BCUT2D eigenvalue weighted by atomic mass is 35.5. The predicted molar refractivity (Wildman–Crippen MR) is 59.5 cm³/mol. The molecule has 0 unspecified atom stereocenters. The molecule has 5 heteroatoms. The average molecular weight is 243 g/mol. The van der Waals surface area contributed by atoms with E-state index in [1.807, 2.05) is 0 Å². The number of nitrogens with zero attached hydrogens (tertiary/aromatic N) is 2. The van der Waals surface area contributed by atoms with Crippen molar-refractivity contribution in [2.24, 2.45) is 0 Å². The van der Waals surface area contributed by atoms with E-state index in [1.54, 1.807) is 35.3 Å². The Morgan fingerprint density at radius 3 is 2.73 bits per heavy atom. The summed E-state index contributed by atoms with van der Waals surface area (Å²) >= 11 is 11.8. The molecule has 0 aliphatic carbocycles. The maximum atomic E-state index is 8.88. The van der Waals surface area contributed by atoms with E-state index in [4.69, 9.17) is 28.3 Å². The molecule has 2 aromatic rings. The largest absolute Gasteiger partial charge is 0.390 e. The average Bonchev–Trinajstić information content (AvgIpc) is 2.66. The molecule has 0 aliphatic rings. The minimum atomic E-state index is -0.0851. The number of imidazole rings is 1. The number of hydrogen-bond donors (Lipinski definition) is 1. The van der Waals surface area contributed by atoms with Crippen LogP contribution >= 0.6 is 23.2 Å². The Kier molecular flexibility index (Phi) is 2.95. The van der Waals surface area contributed by atoms with Crippen molar-refractivity contribution in [3.63, 3.8) is 0 Å². The smallest absolute Gasteiger partial charge is 0.0996 e. The Balaban J connectivity index is 2.44. The molecular formula is C10H8Cl2N2O. The quantitative estimate of drug-likeness (QED) is 0.880. The lowest BCUT2D eigenvalue weighted by Crippen LogP contribution is -1.91. The van der Waals surface area contributed by atoms with Gasteiger partial charge in [-0.15, -0.1) is 0 Å². The van der Waals surface area contributed by atoms with Gasteiger partial charge in [-0.05, 0) is 18.2 Å². The summed E-state index contributed by atoms with van der Waals surface area (Å²) in [4.78, 5) is 4.00. The van der Waals surface area contributed by atoms with Gasteiger partial charge in [0, 0.05) is 11.2 Å². The molecule has 2 rings (SSSR count). The first-order valence-corrected chi connectivity index (χ1v) is 5.05. The standard InChI is InChI=1S/C10H8Cl2N2O/c11-7-1-2-10(9(12)3-7)14-4-8(5-15)13-6-14/h1-4,6,15H,5H2. The van der Waals surface area contributed by atoms with Crippen LogP contribution in [0.5, 0.6) is 0 Å². The van der Waals surface area contributed by atoms with Crippen molar-refractivity contribution in [2.45, 2.75) is 6.61 Å². The van der Waals surface area contributed by atoms with Crippen LogP contribution < -0.4 is 0 Å². The number of hydrogen-bond acceptors (Lipinski definition) is 2. The summed E-state index contributed by atoms with van der Waals surface area (Å²) in [5.74, 6) is 0. The van der Waals surface area contributed by atoms with Crippen LogP contribution in [0.4, 0.5) is 0 Å². The lowest BCUT2D eigenvalue weighted by Gasteiger charge is -2.04. The van der Waals surface area contributed by atoms with Gasteiger partial charge in [0.05, 0.1) is 29.3 Å². The normalized spacial score (nSPS) is 10.6. The van der Waals surface area contributed by atoms with E-state index in [-0.39, 0.29) is 6.61 Å². The number of rotatable bonds is 2. The molecule has 0 saturated heterocycles. The van der Waals surface area contributed by atoms with E-state index in [2.05, 4.69) is 4.98 Å². The third-order valence-corrected chi connectivity index (χ3v) is 2.52. The second kappa shape index (κ2) is 4.23. The zero-order valence-corrected chi connectivity index (χ0v) is 9.20. The van der Waals surface area contributed by atoms with E-state index in [9.17, 15) is 0 Å². The minimum absolute atomic E-state index is 0.0851. The molecule has 0 bridgehead atoms. The maximum Gasteiger partial charge on any atom is 0.0996 e. The van der Waals surface area contributed by atoms with Gasteiger partial charge in [0.2, 0.25) is 0 Å². The molecule has 1 aromatic carbocycles. The van der Waals surface area contributed by atoms with E-state index < -0.39 is 0 Å². The molecule has 0 aliphatic heterocycles. The van der Waals surface area contributed by atoms with Crippen LogP contribution in [0.3, 0.4) is 0 Å². The Bertz CT molecular complexity index is 482. The summed E-state index contributed by atoms with van der Waals surface area (Å²) in [5, 5.41) is 10.0. The van der Waals surface area contributed by atoms with Crippen LogP contribution in [-0.4, -0.2) is 14.7 Å². The van der Waals surface area contributed by atoms with Crippen molar-refractivity contribution in [1.29, 1.82) is 0 Å². The zero-order chi connectivity index (χ0) is 10.8. The molecule has 3 nitrogen and oxygen atoms in total. The molecule has 0 fully saturated rings. The van der Waals surface area contributed by atoms with Gasteiger partial charge in [-0.25, -0.2) is 4.98 Å². The summed E-state index contributed by atoms with van der Waals surface area (Å²) in [7, 11) is 0. The van der Waals surface area contributed by atoms with Crippen LogP contribution in [-0.2, 0) is 6.61 Å². The van der Waals surface area contributed by atoms with Gasteiger partial charge < -0.3 is 9.67 Å². The highest BCUT2D eigenvalue weighted by Crippen LogP contribution is 2.24. The van der Waals surface area contributed by atoms with Gasteiger partial charge in [-0.3, -0.25) is 0 Å². The number of benzene rings is 1. The SMILES string of the molecule is OCc1cn(-c2ccc(Cl)cc2Cl)cn1. The van der Waals surface area contributed by atoms with Gasteiger partial charge >= 0.3 is 0 Å². The number of aromatic nitrogens is 2. The number of aliphatic hydroxyl groups is 1. The topological polar surface area (TPSA) is 38.0 Å². The summed E-state index contributed by atoms with van der Waals surface area (Å²) in [6.07, 6.45) is 3.32. The van der Waals surface area contributed by atoms with Gasteiger partial charge in [-0.1, -0.05) is 23.2 Å².